The van der Waals surface area contributed by atoms with Crippen molar-refractivity contribution in [2.75, 3.05) is 10.6 Å². The second-order valence-corrected chi connectivity index (χ2v) is 5.23. The Kier molecular flexibility index (Phi) is 4.42. The van der Waals surface area contributed by atoms with E-state index in [2.05, 4.69) is 23.7 Å². The van der Waals surface area contributed by atoms with Gasteiger partial charge in [0.25, 0.3) is 0 Å². The molecule has 0 unspecified atom stereocenters. The van der Waals surface area contributed by atoms with Gasteiger partial charge in [0.1, 0.15) is 5.82 Å². The second kappa shape index (κ2) is 6.26. The number of carbonyl (C=O) groups excluding carboxylic acids is 1. The lowest BCUT2D eigenvalue weighted by Gasteiger charge is -2.28. The standard InChI is InChI=1S/C16H20N4O/c1-11(2)20(10-12-3-6-14(17)7-4-12)15-8-5-13(9-19-15)16(18)21/h3-9,11H,10,17H2,1-2H3,(H2,18,21). The van der Waals surface area contributed by atoms with Crippen molar-refractivity contribution in [1.82, 2.24) is 4.98 Å². The number of nitrogen functional groups attached to an aromatic ring is 1. The molecule has 2 aromatic rings. The van der Waals surface area contributed by atoms with Crippen molar-refractivity contribution in [1.29, 1.82) is 0 Å². The number of benzene rings is 1. The van der Waals surface area contributed by atoms with Gasteiger partial charge in [-0.3, -0.25) is 4.79 Å². The Morgan fingerprint density at radius 2 is 1.86 bits per heavy atom. The van der Waals surface area contributed by atoms with Gasteiger partial charge in [-0.05, 0) is 43.7 Å². The van der Waals surface area contributed by atoms with E-state index in [1.54, 1.807) is 6.07 Å². The number of nitrogens with zero attached hydrogens (tertiary/aromatic N) is 2. The molecule has 0 radical (unpaired) electrons. The van der Waals surface area contributed by atoms with E-state index in [4.69, 9.17) is 11.5 Å². The molecule has 1 aromatic carbocycles. The maximum absolute atomic E-state index is 11.1. The molecule has 0 atom stereocenters. The summed E-state index contributed by atoms with van der Waals surface area (Å²) in [5, 5.41) is 0. The Morgan fingerprint density at radius 3 is 2.33 bits per heavy atom. The summed E-state index contributed by atoms with van der Waals surface area (Å²) in [6, 6.07) is 11.6. The van der Waals surface area contributed by atoms with E-state index in [-0.39, 0.29) is 6.04 Å². The van der Waals surface area contributed by atoms with Crippen LogP contribution in [-0.4, -0.2) is 16.9 Å². The van der Waals surface area contributed by atoms with Crippen LogP contribution in [-0.2, 0) is 6.54 Å². The quantitative estimate of drug-likeness (QED) is 0.824. The molecular formula is C16H20N4O. The van der Waals surface area contributed by atoms with Gasteiger partial charge >= 0.3 is 0 Å². The number of hydrogen-bond acceptors (Lipinski definition) is 4. The summed E-state index contributed by atoms with van der Waals surface area (Å²) in [5.74, 6) is 0.343. The molecule has 0 fully saturated rings. The third-order valence-electron chi connectivity index (χ3n) is 3.28. The average Bonchev–Trinajstić information content (AvgIpc) is 2.46. The van der Waals surface area contributed by atoms with Gasteiger partial charge in [0.15, 0.2) is 0 Å². The fraction of sp³-hybridized carbons (Fsp3) is 0.250. The fourth-order valence-electron chi connectivity index (χ4n) is 2.05. The van der Waals surface area contributed by atoms with Crippen molar-refractivity contribution < 1.29 is 4.79 Å². The minimum Gasteiger partial charge on any atom is -0.399 e. The van der Waals surface area contributed by atoms with E-state index >= 15 is 0 Å². The molecule has 0 spiro atoms. The fourth-order valence-corrected chi connectivity index (χ4v) is 2.05. The summed E-state index contributed by atoms with van der Waals surface area (Å²) in [5.41, 5.74) is 13.2. The summed E-state index contributed by atoms with van der Waals surface area (Å²) < 4.78 is 0. The highest BCUT2D eigenvalue weighted by atomic mass is 16.1. The Balaban J connectivity index is 2.22. The van der Waals surface area contributed by atoms with E-state index in [0.29, 0.717) is 5.56 Å². The first-order chi connectivity index (χ1) is 9.97. The highest BCUT2D eigenvalue weighted by Crippen LogP contribution is 2.18. The third-order valence-corrected chi connectivity index (χ3v) is 3.28. The number of aromatic nitrogens is 1. The van der Waals surface area contributed by atoms with Crippen LogP contribution in [0.2, 0.25) is 0 Å². The molecule has 1 amide bonds. The average molecular weight is 284 g/mol. The van der Waals surface area contributed by atoms with Crippen LogP contribution in [0.15, 0.2) is 42.6 Å². The van der Waals surface area contributed by atoms with E-state index < -0.39 is 5.91 Å². The molecule has 5 nitrogen and oxygen atoms in total. The SMILES string of the molecule is CC(C)N(Cc1ccc(N)cc1)c1ccc(C(N)=O)cn1. The van der Waals surface area contributed by atoms with Crippen molar-refractivity contribution in [3.05, 3.63) is 53.7 Å². The highest BCUT2D eigenvalue weighted by Gasteiger charge is 2.13. The molecule has 0 saturated carbocycles. The van der Waals surface area contributed by atoms with Gasteiger partial charge in [-0.1, -0.05) is 12.1 Å². The van der Waals surface area contributed by atoms with Crippen LogP contribution < -0.4 is 16.4 Å². The minimum absolute atomic E-state index is 0.273. The highest BCUT2D eigenvalue weighted by molar-refractivity contribution is 5.92. The number of carbonyl (C=O) groups is 1. The molecule has 21 heavy (non-hydrogen) atoms. The predicted octanol–water partition coefficient (Wildman–Crippen LogP) is 2.18. The Morgan fingerprint density at radius 1 is 1.19 bits per heavy atom. The van der Waals surface area contributed by atoms with Crippen LogP contribution in [0.4, 0.5) is 11.5 Å². The largest absolute Gasteiger partial charge is 0.399 e. The first-order valence-electron chi connectivity index (χ1n) is 6.84. The first kappa shape index (κ1) is 14.8. The van der Waals surface area contributed by atoms with Gasteiger partial charge < -0.3 is 16.4 Å². The summed E-state index contributed by atoms with van der Waals surface area (Å²) in [6.45, 7) is 4.92. The maximum atomic E-state index is 11.1. The topological polar surface area (TPSA) is 85.2 Å². The zero-order valence-corrected chi connectivity index (χ0v) is 12.3. The van der Waals surface area contributed by atoms with Crippen LogP contribution in [0.1, 0.15) is 29.8 Å². The van der Waals surface area contributed by atoms with Gasteiger partial charge in [-0.15, -0.1) is 0 Å². The van der Waals surface area contributed by atoms with Crippen molar-refractivity contribution in [2.45, 2.75) is 26.4 Å². The molecule has 0 aliphatic heterocycles. The monoisotopic (exact) mass is 284 g/mol. The lowest BCUT2D eigenvalue weighted by Crippen LogP contribution is -2.31. The van der Waals surface area contributed by atoms with Crippen LogP contribution >= 0.6 is 0 Å². The van der Waals surface area contributed by atoms with Crippen molar-refractivity contribution in [3.8, 4) is 0 Å². The number of amides is 1. The lowest BCUT2D eigenvalue weighted by atomic mass is 10.1. The molecular weight excluding hydrogens is 264 g/mol. The van der Waals surface area contributed by atoms with Crippen LogP contribution in [0, 0.1) is 0 Å². The summed E-state index contributed by atoms with van der Waals surface area (Å²) in [7, 11) is 0. The summed E-state index contributed by atoms with van der Waals surface area (Å²) in [6.07, 6.45) is 1.51. The third kappa shape index (κ3) is 3.72. The van der Waals surface area contributed by atoms with Gasteiger partial charge in [-0.2, -0.15) is 0 Å². The molecule has 1 heterocycles. The van der Waals surface area contributed by atoms with Crippen molar-refractivity contribution in [2.24, 2.45) is 5.73 Å². The molecule has 0 aliphatic carbocycles. The smallest absolute Gasteiger partial charge is 0.250 e. The van der Waals surface area contributed by atoms with E-state index in [1.807, 2.05) is 30.3 Å². The number of primary amides is 1. The van der Waals surface area contributed by atoms with Gasteiger partial charge in [0, 0.05) is 24.5 Å². The molecule has 4 N–H and O–H groups in total. The molecule has 110 valence electrons. The Hall–Kier alpha value is -2.56. The number of anilines is 2. The van der Waals surface area contributed by atoms with Gasteiger partial charge in [-0.25, -0.2) is 4.98 Å². The molecule has 0 bridgehead atoms. The summed E-state index contributed by atoms with van der Waals surface area (Å²) >= 11 is 0. The van der Waals surface area contributed by atoms with Gasteiger partial charge in [0.05, 0.1) is 5.56 Å². The Bertz CT molecular complexity index is 605. The normalized spacial score (nSPS) is 10.6. The molecule has 5 heteroatoms. The number of pyridine rings is 1. The number of hydrogen-bond donors (Lipinski definition) is 2. The minimum atomic E-state index is -0.469. The lowest BCUT2D eigenvalue weighted by molar-refractivity contribution is 0.1000. The summed E-state index contributed by atoms with van der Waals surface area (Å²) in [4.78, 5) is 17.6. The van der Waals surface area contributed by atoms with Crippen LogP contribution in [0.3, 0.4) is 0 Å². The molecule has 1 aromatic heterocycles. The maximum Gasteiger partial charge on any atom is 0.250 e. The number of rotatable bonds is 5. The van der Waals surface area contributed by atoms with Gasteiger partial charge in [0.2, 0.25) is 5.91 Å². The molecule has 0 aliphatic rings. The molecule has 2 rings (SSSR count). The molecule has 0 saturated heterocycles. The first-order valence-corrected chi connectivity index (χ1v) is 6.84. The zero-order chi connectivity index (χ0) is 15.4. The van der Waals surface area contributed by atoms with Crippen molar-refractivity contribution >= 4 is 17.4 Å². The number of nitrogens with two attached hydrogens (primary N) is 2. The Labute approximate surface area is 124 Å². The second-order valence-electron chi connectivity index (χ2n) is 5.23. The van der Waals surface area contributed by atoms with E-state index in [0.717, 1.165) is 23.6 Å². The van der Waals surface area contributed by atoms with Crippen LogP contribution in [0.25, 0.3) is 0 Å². The van der Waals surface area contributed by atoms with Crippen LogP contribution in [0.5, 0.6) is 0 Å². The zero-order valence-electron chi connectivity index (χ0n) is 12.3. The van der Waals surface area contributed by atoms with E-state index in [1.165, 1.54) is 6.20 Å². The van der Waals surface area contributed by atoms with Crippen molar-refractivity contribution in [3.63, 3.8) is 0 Å². The predicted molar refractivity (Wildman–Crippen MR) is 84.9 cm³/mol. The van der Waals surface area contributed by atoms with E-state index in [9.17, 15) is 4.79 Å².